The van der Waals surface area contributed by atoms with Crippen LogP contribution in [0.1, 0.15) is 41.3 Å². The fourth-order valence-electron chi connectivity index (χ4n) is 2.78. The van der Waals surface area contributed by atoms with Crippen LogP contribution in [0, 0.1) is 20.8 Å². The molecule has 2 aromatic rings. The molecule has 3 N–H and O–H groups in total. The van der Waals surface area contributed by atoms with Crippen molar-refractivity contribution >= 4 is 29.3 Å². The second-order valence-corrected chi connectivity index (χ2v) is 7.61. The van der Waals surface area contributed by atoms with Crippen molar-refractivity contribution in [1.29, 1.82) is 0 Å². The Bertz CT molecular complexity index is 806. The largest absolute Gasteiger partial charge is 0.346 e. The van der Waals surface area contributed by atoms with Crippen molar-refractivity contribution in [1.82, 2.24) is 20.5 Å². The number of rotatable bonds is 7. The highest BCUT2D eigenvalue weighted by atomic mass is 32.2. The van der Waals surface area contributed by atoms with Crippen molar-refractivity contribution in [2.75, 3.05) is 17.6 Å². The normalized spacial score (nSPS) is 13.5. The molecule has 0 saturated heterocycles. The van der Waals surface area contributed by atoms with Gasteiger partial charge in [-0.3, -0.25) is 14.7 Å². The molecular weight excluding hydrogens is 350 g/mol. The Hall–Kier alpha value is -2.35. The van der Waals surface area contributed by atoms with Crippen LogP contribution in [-0.2, 0) is 9.59 Å². The van der Waals surface area contributed by atoms with Gasteiger partial charge in [-0.15, -0.1) is 5.10 Å². The van der Waals surface area contributed by atoms with Crippen molar-refractivity contribution < 1.29 is 9.59 Å². The first-order chi connectivity index (χ1) is 12.4. The zero-order valence-electron chi connectivity index (χ0n) is 15.2. The summed E-state index contributed by atoms with van der Waals surface area (Å²) in [4.78, 5) is 28.4. The molecule has 1 aromatic carbocycles. The zero-order chi connectivity index (χ0) is 18.7. The Kier molecular flexibility index (Phi) is 5.61. The van der Waals surface area contributed by atoms with E-state index >= 15 is 0 Å². The maximum Gasteiger partial charge on any atom is 0.243 e. The topological polar surface area (TPSA) is 99.8 Å². The molecule has 0 radical (unpaired) electrons. The third kappa shape index (κ3) is 4.85. The number of aryl methyl sites for hydroxylation is 3. The van der Waals surface area contributed by atoms with E-state index in [9.17, 15) is 9.59 Å². The Morgan fingerprint density at radius 2 is 1.88 bits per heavy atom. The third-order valence-corrected chi connectivity index (χ3v) is 5.01. The molecule has 0 spiro atoms. The van der Waals surface area contributed by atoms with E-state index < -0.39 is 0 Å². The van der Waals surface area contributed by atoms with Crippen LogP contribution < -0.4 is 10.6 Å². The van der Waals surface area contributed by atoms with Gasteiger partial charge in [-0.1, -0.05) is 29.5 Å². The van der Waals surface area contributed by atoms with Crippen molar-refractivity contribution in [3.63, 3.8) is 0 Å². The van der Waals surface area contributed by atoms with Gasteiger partial charge in [0.2, 0.25) is 17.0 Å². The molecule has 1 saturated carbocycles. The number of amides is 2. The van der Waals surface area contributed by atoms with Crippen molar-refractivity contribution in [2.24, 2.45) is 0 Å². The zero-order valence-corrected chi connectivity index (χ0v) is 16.0. The summed E-state index contributed by atoms with van der Waals surface area (Å²) in [5.74, 6) is 1.12. The summed E-state index contributed by atoms with van der Waals surface area (Å²) < 4.78 is 0. The van der Waals surface area contributed by atoms with Crippen LogP contribution >= 0.6 is 11.8 Å². The fourth-order valence-corrected chi connectivity index (χ4v) is 3.42. The van der Waals surface area contributed by atoms with Gasteiger partial charge in [0.05, 0.1) is 12.3 Å². The summed E-state index contributed by atoms with van der Waals surface area (Å²) in [6.45, 7) is 5.87. The van der Waals surface area contributed by atoms with E-state index in [1.165, 1.54) is 11.8 Å². The van der Waals surface area contributed by atoms with Gasteiger partial charge in [0.15, 0.2) is 0 Å². The number of carbonyl (C=O) groups excluding carboxylic acids is 2. The van der Waals surface area contributed by atoms with Crippen molar-refractivity contribution in [2.45, 2.75) is 44.7 Å². The van der Waals surface area contributed by atoms with Gasteiger partial charge in [-0.05, 0) is 44.7 Å². The maximum absolute atomic E-state index is 12.1. The highest BCUT2D eigenvalue weighted by Gasteiger charge is 2.27. The minimum Gasteiger partial charge on any atom is -0.346 e. The smallest absolute Gasteiger partial charge is 0.243 e. The summed E-state index contributed by atoms with van der Waals surface area (Å²) in [7, 11) is 0. The summed E-state index contributed by atoms with van der Waals surface area (Å²) >= 11 is 1.26. The molecule has 0 unspecified atom stereocenters. The van der Waals surface area contributed by atoms with Gasteiger partial charge >= 0.3 is 0 Å². The van der Waals surface area contributed by atoms with Gasteiger partial charge in [-0.25, -0.2) is 4.98 Å². The Morgan fingerprint density at radius 1 is 1.19 bits per heavy atom. The first-order valence-corrected chi connectivity index (χ1v) is 9.60. The van der Waals surface area contributed by atoms with E-state index in [4.69, 9.17) is 0 Å². The second kappa shape index (κ2) is 7.90. The number of aromatic amines is 1. The SMILES string of the molecule is Cc1cc(C)c(NC(=O)CNC(=O)CSc2n[nH]c(C3CC3)n2)c(C)c1. The summed E-state index contributed by atoms with van der Waals surface area (Å²) in [5.41, 5.74) is 3.97. The van der Waals surface area contributed by atoms with E-state index in [0.29, 0.717) is 11.1 Å². The van der Waals surface area contributed by atoms with Crippen LogP contribution in [0.5, 0.6) is 0 Å². The minimum atomic E-state index is -0.243. The van der Waals surface area contributed by atoms with Gasteiger partial charge in [-0.2, -0.15) is 0 Å². The molecule has 1 fully saturated rings. The van der Waals surface area contributed by atoms with E-state index in [-0.39, 0.29) is 24.1 Å². The number of anilines is 1. The number of nitrogens with one attached hydrogen (secondary N) is 3. The molecule has 7 nitrogen and oxygen atoms in total. The van der Waals surface area contributed by atoms with Crippen LogP contribution in [0.4, 0.5) is 5.69 Å². The molecule has 1 aliphatic rings. The van der Waals surface area contributed by atoms with Crippen LogP contribution in [-0.4, -0.2) is 39.3 Å². The number of nitrogens with zero attached hydrogens (tertiary/aromatic N) is 2. The number of hydrogen-bond donors (Lipinski definition) is 3. The number of H-pyrrole nitrogens is 1. The second-order valence-electron chi connectivity index (χ2n) is 6.66. The Labute approximate surface area is 156 Å². The summed E-state index contributed by atoms with van der Waals surface area (Å²) in [6, 6.07) is 4.04. The van der Waals surface area contributed by atoms with Crippen LogP contribution in [0.3, 0.4) is 0 Å². The molecule has 1 heterocycles. The molecule has 1 aromatic heterocycles. The number of benzene rings is 1. The van der Waals surface area contributed by atoms with Crippen molar-refractivity contribution in [3.8, 4) is 0 Å². The third-order valence-electron chi connectivity index (χ3n) is 4.17. The minimum absolute atomic E-state index is 0.0620. The monoisotopic (exact) mass is 373 g/mol. The molecule has 0 atom stereocenters. The van der Waals surface area contributed by atoms with Crippen LogP contribution in [0.25, 0.3) is 0 Å². The first-order valence-electron chi connectivity index (χ1n) is 8.62. The highest BCUT2D eigenvalue weighted by Crippen LogP contribution is 2.38. The number of hydrogen-bond acceptors (Lipinski definition) is 5. The molecule has 2 amide bonds. The molecule has 0 aliphatic heterocycles. The lowest BCUT2D eigenvalue weighted by Gasteiger charge is -2.13. The quantitative estimate of drug-likeness (QED) is 0.648. The van der Waals surface area contributed by atoms with Gasteiger partial charge in [0.25, 0.3) is 0 Å². The Balaban J connectivity index is 1.42. The summed E-state index contributed by atoms with van der Waals surface area (Å²) in [6.07, 6.45) is 2.30. The molecule has 8 heteroatoms. The maximum atomic E-state index is 12.1. The van der Waals surface area contributed by atoms with Crippen LogP contribution in [0.2, 0.25) is 0 Å². The summed E-state index contributed by atoms with van der Waals surface area (Å²) in [5, 5.41) is 13.1. The fraction of sp³-hybridized carbons (Fsp3) is 0.444. The lowest BCUT2D eigenvalue weighted by atomic mass is 10.1. The van der Waals surface area contributed by atoms with Gasteiger partial charge in [0, 0.05) is 11.6 Å². The number of aromatic nitrogens is 3. The predicted octanol–water partition coefficient (Wildman–Crippen LogP) is 2.45. The van der Waals surface area contributed by atoms with E-state index in [1.807, 2.05) is 32.9 Å². The highest BCUT2D eigenvalue weighted by molar-refractivity contribution is 7.99. The average Bonchev–Trinajstić information content (AvgIpc) is 3.33. The predicted molar refractivity (Wildman–Crippen MR) is 101 cm³/mol. The standard InChI is InChI=1S/C18H23N5O2S/c1-10-6-11(2)16(12(3)7-10)20-14(24)8-19-15(25)9-26-18-21-17(22-23-18)13-4-5-13/h6-7,13H,4-5,8-9H2,1-3H3,(H,19,25)(H,20,24)(H,21,22,23). The van der Waals surface area contributed by atoms with Gasteiger partial charge in [0.1, 0.15) is 5.82 Å². The van der Waals surface area contributed by atoms with E-state index in [2.05, 4.69) is 25.8 Å². The molecule has 1 aliphatic carbocycles. The Morgan fingerprint density at radius 3 is 2.54 bits per heavy atom. The van der Waals surface area contributed by atoms with Crippen molar-refractivity contribution in [3.05, 3.63) is 34.6 Å². The average molecular weight is 373 g/mol. The number of carbonyl (C=O) groups is 2. The van der Waals surface area contributed by atoms with Crippen LogP contribution in [0.15, 0.2) is 17.3 Å². The first kappa shape index (κ1) is 18.4. The molecular formula is C18H23N5O2S. The number of thioether (sulfide) groups is 1. The molecule has 138 valence electrons. The lowest BCUT2D eigenvalue weighted by molar-refractivity contribution is -0.122. The molecule has 26 heavy (non-hydrogen) atoms. The molecule has 3 rings (SSSR count). The van der Waals surface area contributed by atoms with E-state index in [0.717, 1.165) is 41.0 Å². The van der Waals surface area contributed by atoms with Gasteiger partial charge < -0.3 is 10.6 Å². The molecule has 0 bridgehead atoms. The van der Waals surface area contributed by atoms with E-state index in [1.54, 1.807) is 0 Å². The lowest BCUT2D eigenvalue weighted by Crippen LogP contribution is -2.34.